The second-order valence-electron chi connectivity index (χ2n) is 3.82. The first kappa shape index (κ1) is 14.7. The van der Waals surface area contributed by atoms with Crippen LogP contribution in [0.25, 0.3) is 0 Å². The van der Waals surface area contributed by atoms with Crippen molar-refractivity contribution in [3.63, 3.8) is 0 Å². The number of hydrogen-bond donors (Lipinski definition) is 2. The van der Waals surface area contributed by atoms with Crippen molar-refractivity contribution in [1.82, 2.24) is 5.32 Å². The highest BCUT2D eigenvalue weighted by Crippen LogP contribution is 2.25. The lowest BCUT2D eigenvalue weighted by Gasteiger charge is -2.09. The van der Waals surface area contributed by atoms with Crippen molar-refractivity contribution in [2.24, 2.45) is 0 Å². The summed E-state index contributed by atoms with van der Waals surface area (Å²) in [5.41, 5.74) is 0.552. The standard InChI is InChI=1S/C12H17N3O4/c1-3-19-12-7-10(6-11(8-12)15(17)18)14-5-4-13-9(2)16/h6-8,14H,3-5H2,1-2H3,(H,13,16). The molecule has 0 fully saturated rings. The number of benzene rings is 1. The maximum atomic E-state index is 10.8. The van der Waals surface area contributed by atoms with Gasteiger partial charge in [0.15, 0.2) is 0 Å². The van der Waals surface area contributed by atoms with Crippen LogP contribution in [0.4, 0.5) is 11.4 Å². The van der Waals surface area contributed by atoms with Crippen LogP contribution in [0.3, 0.4) is 0 Å². The molecule has 0 heterocycles. The first-order chi connectivity index (χ1) is 9.02. The van der Waals surface area contributed by atoms with Crippen molar-refractivity contribution in [3.05, 3.63) is 28.3 Å². The zero-order valence-electron chi connectivity index (χ0n) is 10.9. The van der Waals surface area contributed by atoms with Crippen LogP contribution in [-0.4, -0.2) is 30.5 Å². The van der Waals surface area contributed by atoms with E-state index in [1.54, 1.807) is 6.07 Å². The van der Waals surface area contributed by atoms with Gasteiger partial charge in [0, 0.05) is 37.8 Å². The Balaban J connectivity index is 2.70. The van der Waals surface area contributed by atoms with Gasteiger partial charge in [-0.15, -0.1) is 0 Å². The molecule has 7 nitrogen and oxygen atoms in total. The number of non-ortho nitro benzene ring substituents is 1. The number of nitrogens with zero attached hydrogens (tertiary/aromatic N) is 1. The van der Waals surface area contributed by atoms with Crippen LogP contribution in [0.15, 0.2) is 18.2 Å². The van der Waals surface area contributed by atoms with E-state index < -0.39 is 4.92 Å². The monoisotopic (exact) mass is 267 g/mol. The van der Waals surface area contributed by atoms with E-state index in [0.29, 0.717) is 31.1 Å². The molecular weight excluding hydrogens is 250 g/mol. The van der Waals surface area contributed by atoms with Crippen LogP contribution >= 0.6 is 0 Å². The van der Waals surface area contributed by atoms with Gasteiger partial charge in [-0.25, -0.2) is 0 Å². The van der Waals surface area contributed by atoms with Crippen LogP contribution in [0, 0.1) is 10.1 Å². The fourth-order valence-electron chi connectivity index (χ4n) is 1.49. The summed E-state index contributed by atoms with van der Waals surface area (Å²) >= 11 is 0. The molecule has 0 saturated carbocycles. The molecule has 0 aromatic heterocycles. The summed E-state index contributed by atoms with van der Waals surface area (Å²) in [7, 11) is 0. The molecule has 0 aliphatic carbocycles. The third kappa shape index (κ3) is 5.24. The van der Waals surface area contributed by atoms with Gasteiger partial charge in [0.25, 0.3) is 5.69 Å². The maximum Gasteiger partial charge on any atom is 0.275 e. The van der Waals surface area contributed by atoms with Crippen molar-refractivity contribution in [1.29, 1.82) is 0 Å². The summed E-state index contributed by atoms with van der Waals surface area (Å²) in [4.78, 5) is 21.0. The molecule has 0 aliphatic rings. The molecule has 1 aromatic rings. The molecule has 7 heteroatoms. The van der Waals surface area contributed by atoms with Gasteiger partial charge in [-0.1, -0.05) is 0 Å². The summed E-state index contributed by atoms with van der Waals surface area (Å²) in [6, 6.07) is 4.49. The molecule has 0 bridgehead atoms. The molecule has 104 valence electrons. The summed E-state index contributed by atoms with van der Waals surface area (Å²) in [5, 5.41) is 16.4. The Morgan fingerprint density at radius 2 is 2.11 bits per heavy atom. The molecule has 1 rings (SSSR count). The number of ether oxygens (including phenoxy) is 1. The number of nitro benzene ring substituents is 1. The number of amides is 1. The molecular formula is C12H17N3O4. The Morgan fingerprint density at radius 3 is 2.68 bits per heavy atom. The third-order valence-electron chi connectivity index (χ3n) is 2.24. The zero-order chi connectivity index (χ0) is 14.3. The minimum Gasteiger partial charge on any atom is -0.494 e. The zero-order valence-corrected chi connectivity index (χ0v) is 10.9. The van der Waals surface area contributed by atoms with Gasteiger partial charge in [0.05, 0.1) is 17.6 Å². The second kappa shape index (κ2) is 7.20. The third-order valence-corrected chi connectivity index (χ3v) is 2.24. The Hall–Kier alpha value is -2.31. The number of anilines is 1. The van der Waals surface area contributed by atoms with Crippen LogP contribution in [0.2, 0.25) is 0 Å². The van der Waals surface area contributed by atoms with Crippen molar-refractivity contribution in [2.45, 2.75) is 13.8 Å². The van der Waals surface area contributed by atoms with E-state index in [4.69, 9.17) is 4.74 Å². The van der Waals surface area contributed by atoms with Gasteiger partial charge in [-0.3, -0.25) is 14.9 Å². The average Bonchev–Trinajstić information content (AvgIpc) is 2.34. The Bertz CT molecular complexity index is 462. The van der Waals surface area contributed by atoms with Crippen LogP contribution in [0.1, 0.15) is 13.8 Å². The normalized spacial score (nSPS) is 9.79. The number of nitrogens with one attached hydrogen (secondary N) is 2. The van der Waals surface area contributed by atoms with Crippen molar-refractivity contribution in [3.8, 4) is 5.75 Å². The Morgan fingerprint density at radius 1 is 1.37 bits per heavy atom. The van der Waals surface area contributed by atoms with E-state index in [2.05, 4.69) is 10.6 Å². The first-order valence-corrected chi connectivity index (χ1v) is 5.93. The van der Waals surface area contributed by atoms with Gasteiger partial charge in [-0.2, -0.15) is 0 Å². The number of nitro groups is 1. The molecule has 19 heavy (non-hydrogen) atoms. The van der Waals surface area contributed by atoms with Crippen molar-refractivity contribution in [2.75, 3.05) is 25.0 Å². The topological polar surface area (TPSA) is 93.5 Å². The smallest absolute Gasteiger partial charge is 0.275 e. The molecule has 0 unspecified atom stereocenters. The number of carbonyl (C=O) groups excluding carboxylic acids is 1. The lowest BCUT2D eigenvalue weighted by molar-refractivity contribution is -0.384. The van der Waals surface area contributed by atoms with Gasteiger partial charge in [0.1, 0.15) is 5.75 Å². The van der Waals surface area contributed by atoms with Crippen LogP contribution < -0.4 is 15.4 Å². The van der Waals surface area contributed by atoms with Crippen molar-refractivity contribution < 1.29 is 14.5 Å². The molecule has 0 radical (unpaired) electrons. The predicted octanol–water partition coefficient (Wildman–Crippen LogP) is 1.54. The van der Waals surface area contributed by atoms with E-state index in [0.717, 1.165) is 0 Å². The summed E-state index contributed by atoms with van der Waals surface area (Å²) in [6.07, 6.45) is 0. The fourth-order valence-corrected chi connectivity index (χ4v) is 1.49. The highest BCUT2D eigenvalue weighted by molar-refractivity contribution is 5.72. The molecule has 2 N–H and O–H groups in total. The number of carbonyl (C=O) groups is 1. The molecule has 0 spiro atoms. The maximum absolute atomic E-state index is 10.8. The highest BCUT2D eigenvalue weighted by Gasteiger charge is 2.10. The van der Waals surface area contributed by atoms with Crippen LogP contribution in [-0.2, 0) is 4.79 Å². The lowest BCUT2D eigenvalue weighted by atomic mass is 10.2. The Kier molecular flexibility index (Phi) is 5.59. The molecule has 0 saturated heterocycles. The first-order valence-electron chi connectivity index (χ1n) is 5.93. The largest absolute Gasteiger partial charge is 0.494 e. The second-order valence-corrected chi connectivity index (χ2v) is 3.82. The summed E-state index contributed by atoms with van der Waals surface area (Å²) < 4.78 is 5.27. The minimum absolute atomic E-state index is 0.0343. The van der Waals surface area contributed by atoms with E-state index in [1.807, 2.05) is 6.92 Å². The number of rotatable bonds is 7. The minimum atomic E-state index is -0.471. The lowest BCUT2D eigenvalue weighted by Crippen LogP contribution is -2.26. The predicted molar refractivity (Wildman–Crippen MR) is 71.4 cm³/mol. The molecule has 0 atom stereocenters. The fraction of sp³-hybridized carbons (Fsp3) is 0.417. The number of hydrogen-bond acceptors (Lipinski definition) is 5. The average molecular weight is 267 g/mol. The quantitative estimate of drug-likeness (QED) is 0.444. The van der Waals surface area contributed by atoms with Crippen LogP contribution in [0.5, 0.6) is 5.75 Å². The van der Waals surface area contributed by atoms with Gasteiger partial charge < -0.3 is 15.4 Å². The Labute approximate surface area is 111 Å². The van der Waals surface area contributed by atoms with Crippen molar-refractivity contribution >= 4 is 17.3 Å². The van der Waals surface area contributed by atoms with Gasteiger partial charge in [0.2, 0.25) is 5.91 Å². The molecule has 1 aromatic carbocycles. The highest BCUT2D eigenvalue weighted by atomic mass is 16.6. The summed E-state index contributed by atoms with van der Waals surface area (Å²) in [6.45, 7) is 4.60. The SMILES string of the molecule is CCOc1cc(NCCNC(C)=O)cc([N+](=O)[O-])c1. The molecule has 0 aliphatic heterocycles. The van der Waals surface area contributed by atoms with E-state index >= 15 is 0 Å². The van der Waals surface area contributed by atoms with E-state index in [9.17, 15) is 14.9 Å². The van der Waals surface area contributed by atoms with E-state index in [1.165, 1.54) is 19.1 Å². The summed E-state index contributed by atoms with van der Waals surface area (Å²) in [5.74, 6) is 0.328. The van der Waals surface area contributed by atoms with E-state index in [-0.39, 0.29) is 11.6 Å². The van der Waals surface area contributed by atoms with Gasteiger partial charge in [-0.05, 0) is 6.92 Å². The molecule has 1 amide bonds. The van der Waals surface area contributed by atoms with Gasteiger partial charge >= 0.3 is 0 Å².